The molecule has 0 radical (unpaired) electrons. The van der Waals surface area contributed by atoms with Gasteiger partial charge in [0.2, 0.25) is 0 Å². The number of piperazine rings is 1. The third-order valence-corrected chi connectivity index (χ3v) is 11.5. The number of nitrogen functional groups attached to an aromatic ring is 1. The van der Waals surface area contributed by atoms with Crippen LogP contribution in [-0.2, 0) is 19.9 Å². The summed E-state index contributed by atoms with van der Waals surface area (Å²) in [7, 11) is -10.7. The third kappa shape index (κ3) is 7.94. The molecule has 1 aliphatic heterocycles. The molecule has 1 aliphatic carbocycles. The average molecular weight is 711 g/mol. The maximum absolute atomic E-state index is 13.1. The molecular formula is C32H34ClF3N4O5S2. The lowest BCUT2D eigenvalue weighted by atomic mass is 9.95. The highest BCUT2D eigenvalue weighted by Crippen LogP contribution is 2.35. The quantitative estimate of drug-likeness (QED) is 0.278. The molecule has 0 atom stereocenters. The molecule has 0 aromatic heterocycles. The fraction of sp³-hybridized carbons (Fsp3) is 0.344. The number of sulfone groups is 1. The number of nitrogens with zero attached hydrogens (tertiary/aromatic N) is 2. The molecule has 15 heteroatoms. The summed E-state index contributed by atoms with van der Waals surface area (Å²) in [6.07, 6.45) is 5.68. The molecule has 1 fully saturated rings. The molecule has 3 aromatic rings. The zero-order chi connectivity index (χ0) is 34.0. The number of alkyl halides is 3. The molecule has 1 amide bonds. The summed E-state index contributed by atoms with van der Waals surface area (Å²) < 4.78 is 90.3. The van der Waals surface area contributed by atoms with Crippen molar-refractivity contribution in [3.8, 4) is 0 Å². The number of halogens is 4. The molecular weight excluding hydrogens is 677 g/mol. The SMILES string of the molecule is Nc1ccc(S(=O)(=O)NC(=O)c2ccc(N3CCN(CC4=C(c5ccc(Cl)cc5)CCCCC4)CC3)cc2)cc1S(=O)(=O)C(F)(F)F. The first-order valence-corrected chi connectivity index (χ1v) is 18.3. The number of anilines is 2. The van der Waals surface area contributed by atoms with Crippen LogP contribution in [-0.4, -0.2) is 65.9 Å². The lowest BCUT2D eigenvalue weighted by Gasteiger charge is -2.37. The summed E-state index contributed by atoms with van der Waals surface area (Å²) in [6.45, 7) is 4.08. The summed E-state index contributed by atoms with van der Waals surface area (Å²) in [5, 5.41) is 0.721. The van der Waals surface area contributed by atoms with Gasteiger partial charge in [0.15, 0.2) is 0 Å². The Morgan fingerprint density at radius 2 is 1.49 bits per heavy atom. The number of sulfonamides is 1. The Kier molecular flexibility index (Phi) is 10.3. The number of nitrogens with two attached hydrogens (primary N) is 1. The zero-order valence-electron chi connectivity index (χ0n) is 25.3. The van der Waals surface area contributed by atoms with Gasteiger partial charge in [-0.15, -0.1) is 0 Å². The molecule has 1 heterocycles. The van der Waals surface area contributed by atoms with E-state index < -0.39 is 46.8 Å². The Morgan fingerprint density at radius 1 is 0.851 bits per heavy atom. The van der Waals surface area contributed by atoms with Crippen LogP contribution >= 0.6 is 11.6 Å². The first kappa shape index (κ1) is 34.7. The molecule has 0 saturated carbocycles. The molecule has 1 saturated heterocycles. The maximum atomic E-state index is 13.1. The van der Waals surface area contributed by atoms with Crippen LogP contribution in [0.5, 0.6) is 0 Å². The second-order valence-electron chi connectivity index (χ2n) is 11.5. The van der Waals surface area contributed by atoms with Crippen molar-refractivity contribution in [3.05, 3.63) is 88.5 Å². The monoisotopic (exact) mass is 710 g/mol. The van der Waals surface area contributed by atoms with Crippen LogP contribution < -0.4 is 15.4 Å². The van der Waals surface area contributed by atoms with Gasteiger partial charge < -0.3 is 10.6 Å². The molecule has 0 spiro atoms. The number of carbonyl (C=O) groups is 1. The number of amides is 1. The van der Waals surface area contributed by atoms with Crippen molar-refractivity contribution in [3.63, 3.8) is 0 Å². The van der Waals surface area contributed by atoms with E-state index in [1.807, 2.05) is 12.1 Å². The van der Waals surface area contributed by atoms with Gasteiger partial charge in [0.25, 0.3) is 25.8 Å². The summed E-state index contributed by atoms with van der Waals surface area (Å²) in [5.74, 6) is -1.04. The van der Waals surface area contributed by atoms with E-state index in [1.54, 1.807) is 16.9 Å². The van der Waals surface area contributed by atoms with E-state index in [9.17, 15) is 34.8 Å². The Morgan fingerprint density at radius 3 is 2.13 bits per heavy atom. The minimum absolute atomic E-state index is 0.00966. The maximum Gasteiger partial charge on any atom is 0.501 e. The van der Waals surface area contributed by atoms with E-state index >= 15 is 0 Å². The van der Waals surface area contributed by atoms with Crippen molar-refractivity contribution in [1.29, 1.82) is 0 Å². The van der Waals surface area contributed by atoms with E-state index in [-0.39, 0.29) is 11.6 Å². The van der Waals surface area contributed by atoms with Crippen LogP contribution in [0, 0.1) is 0 Å². The fourth-order valence-electron chi connectivity index (χ4n) is 5.86. The average Bonchev–Trinajstić information content (AvgIpc) is 3.26. The van der Waals surface area contributed by atoms with Crippen molar-refractivity contribution in [2.75, 3.05) is 43.4 Å². The number of rotatable bonds is 8. The third-order valence-electron chi connectivity index (χ3n) is 8.42. The van der Waals surface area contributed by atoms with Crippen molar-refractivity contribution >= 4 is 54.3 Å². The number of nitrogens with one attached hydrogen (secondary N) is 1. The van der Waals surface area contributed by atoms with Crippen LogP contribution in [0.2, 0.25) is 5.02 Å². The Balaban J connectivity index is 1.21. The predicted octanol–water partition coefficient (Wildman–Crippen LogP) is 5.87. The standard InChI is InChI=1S/C32H34ClF3N4O5S2/c33-25-10-6-22(7-11-25)28-5-3-1-2-4-24(28)21-39-16-18-40(19-17-39)26-12-8-23(9-13-26)31(41)38-47(44,45)27-14-15-29(37)30(20-27)46(42,43)32(34,35)36/h6-15,20H,1-5,16-19,21,37H2,(H,38,41). The normalized spacial score (nSPS) is 17.0. The smallest absolute Gasteiger partial charge is 0.398 e. The Labute approximate surface area is 277 Å². The minimum Gasteiger partial charge on any atom is -0.398 e. The molecule has 0 bridgehead atoms. The molecule has 47 heavy (non-hydrogen) atoms. The van der Waals surface area contributed by atoms with Crippen LogP contribution in [0.1, 0.15) is 48.0 Å². The highest BCUT2D eigenvalue weighted by atomic mass is 35.5. The number of hydrogen-bond donors (Lipinski definition) is 2. The molecule has 2 aliphatic rings. The first-order chi connectivity index (χ1) is 22.2. The number of allylic oxidation sites excluding steroid dienone is 1. The molecule has 9 nitrogen and oxygen atoms in total. The Hall–Kier alpha value is -3.59. The summed E-state index contributed by atoms with van der Waals surface area (Å²) in [4.78, 5) is 15.1. The van der Waals surface area contributed by atoms with E-state index in [1.165, 1.54) is 48.1 Å². The van der Waals surface area contributed by atoms with Gasteiger partial charge in [-0.25, -0.2) is 21.6 Å². The van der Waals surface area contributed by atoms with Gasteiger partial charge in [-0.3, -0.25) is 9.69 Å². The van der Waals surface area contributed by atoms with E-state index in [0.29, 0.717) is 0 Å². The van der Waals surface area contributed by atoms with Crippen LogP contribution in [0.15, 0.2) is 82.1 Å². The van der Waals surface area contributed by atoms with Crippen molar-refractivity contribution < 1.29 is 34.8 Å². The van der Waals surface area contributed by atoms with E-state index in [4.69, 9.17) is 17.3 Å². The lowest BCUT2D eigenvalue weighted by Crippen LogP contribution is -2.47. The van der Waals surface area contributed by atoms with Crippen LogP contribution in [0.4, 0.5) is 24.5 Å². The zero-order valence-corrected chi connectivity index (χ0v) is 27.7. The molecule has 5 rings (SSSR count). The Bertz CT molecular complexity index is 1870. The largest absolute Gasteiger partial charge is 0.501 e. The summed E-state index contributed by atoms with van der Waals surface area (Å²) in [5.41, 5.74) is 3.87. The predicted molar refractivity (Wildman–Crippen MR) is 175 cm³/mol. The van der Waals surface area contributed by atoms with Gasteiger partial charge in [-0.2, -0.15) is 13.2 Å². The minimum atomic E-state index is -5.93. The van der Waals surface area contributed by atoms with E-state index in [0.717, 1.165) is 68.4 Å². The second kappa shape index (κ2) is 13.9. The van der Waals surface area contributed by atoms with Gasteiger partial charge in [-0.1, -0.05) is 35.7 Å². The van der Waals surface area contributed by atoms with Gasteiger partial charge >= 0.3 is 5.51 Å². The molecule has 3 N–H and O–H groups in total. The van der Waals surface area contributed by atoms with Crippen LogP contribution in [0.3, 0.4) is 0 Å². The van der Waals surface area contributed by atoms with Crippen LogP contribution in [0.25, 0.3) is 5.57 Å². The highest BCUT2D eigenvalue weighted by Gasteiger charge is 2.48. The summed E-state index contributed by atoms with van der Waals surface area (Å²) in [6, 6.07) is 16.2. The fourth-order valence-corrected chi connectivity index (χ4v) is 7.97. The van der Waals surface area contributed by atoms with Gasteiger partial charge in [0, 0.05) is 49.0 Å². The van der Waals surface area contributed by atoms with Crippen molar-refractivity contribution in [2.24, 2.45) is 0 Å². The number of carbonyl (C=O) groups excluding carboxylic acids is 1. The van der Waals surface area contributed by atoms with Crippen molar-refractivity contribution in [2.45, 2.75) is 47.4 Å². The van der Waals surface area contributed by atoms with Gasteiger partial charge in [0.05, 0.1) is 10.6 Å². The first-order valence-electron chi connectivity index (χ1n) is 15.0. The molecule has 3 aromatic carbocycles. The lowest BCUT2D eigenvalue weighted by molar-refractivity contribution is -0.0435. The number of hydrogen-bond acceptors (Lipinski definition) is 8. The second-order valence-corrected chi connectivity index (χ2v) is 15.6. The van der Waals surface area contributed by atoms with E-state index in [2.05, 4.69) is 21.9 Å². The molecule has 0 unspecified atom stereocenters. The van der Waals surface area contributed by atoms with Crippen molar-refractivity contribution in [1.82, 2.24) is 9.62 Å². The molecule has 252 valence electrons. The van der Waals surface area contributed by atoms with Gasteiger partial charge in [0.1, 0.15) is 4.90 Å². The summed E-state index contributed by atoms with van der Waals surface area (Å²) >= 11 is 6.12. The number of benzene rings is 3. The highest BCUT2D eigenvalue weighted by molar-refractivity contribution is 7.92. The topological polar surface area (TPSA) is 130 Å². The van der Waals surface area contributed by atoms with Gasteiger partial charge in [-0.05, 0) is 91.4 Å².